The van der Waals surface area contributed by atoms with E-state index < -0.39 is 0 Å². The van der Waals surface area contributed by atoms with E-state index in [1.807, 2.05) is 7.05 Å². The highest BCUT2D eigenvalue weighted by molar-refractivity contribution is 14.1. The molecule has 0 saturated carbocycles. The predicted molar refractivity (Wildman–Crippen MR) is 59.6 cm³/mol. The van der Waals surface area contributed by atoms with Gasteiger partial charge < -0.3 is 0 Å². The molecule has 4 heteroatoms. The van der Waals surface area contributed by atoms with Gasteiger partial charge in [0.15, 0.2) is 0 Å². The van der Waals surface area contributed by atoms with Crippen molar-refractivity contribution in [3.05, 3.63) is 14.4 Å². The van der Waals surface area contributed by atoms with Gasteiger partial charge in [0, 0.05) is 12.6 Å². The molecule has 0 spiro atoms. The Morgan fingerprint density at radius 3 is 2.08 bits per heavy atom. The molecule has 0 radical (unpaired) electrons. The zero-order valence-electron chi connectivity index (χ0n) is 7.65. The van der Waals surface area contributed by atoms with Crippen molar-refractivity contribution < 1.29 is 0 Å². The molecule has 0 amide bonds. The van der Waals surface area contributed by atoms with Gasteiger partial charge in [0.05, 0.1) is 0 Å². The molecule has 1 aromatic rings. The Bertz CT molecular complexity index is 299. The molecule has 2 nitrogen and oxygen atoms in total. The first-order valence-corrected chi connectivity index (χ1v) is 5.18. The van der Waals surface area contributed by atoms with Gasteiger partial charge in [-0.3, -0.25) is 4.68 Å². The number of aromatic nitrogens is 2. The molecule has 1 rings (SSSR count). The molecule has 0 unspecified atom stereocenters. The third-order valence-electron chi connectivity index (χ3n) is 1.68. The zero-order chi connectivity index (χ0) is 9.52. The van der Waals surface area contributed by atoms with Crippen molar-refractivity contribution in [1.82, 2.24) is 9.78 Å². The van der Waals surface area contributed by atoms with E-state index in [2.05, 4.69) is 48.5 Å². The molecule has 0 fully saturated rings. The summed E-state index contributed by atoms with van der Waals surface area (Å²) in [5.41, 5.74) is 1.20. The highest BCUT2D eigenvalue weighted by atomic mass is 127. The van der Waals surface area contributed by atoms with Gasteiger partial charge in [-0.25, -0.2) is 0 Å². The van der Waals surface area contributed by atoms with Crippen molar-refractivity contribution in [1.29, 1.82) is 0 Å². The van der Waals surface area contributed by atoms with Gasteiger partial charge in [-0.1, -0.05) is 32.4 Å². The van der Waals surface area contributed by atoms with Crippen LogP contribution in [0, 0.1) is 3.70 Å². The fourth-order valence-corrected chi connectivity index (χ4v) is 3.05. The second-order valence-electron chi connectivity index (χ2n) is 3.83. The second kappa shape index (κ2) is 3.18. The molecule has 1 heterocycles. The first kappa shape index (κ1) is 10.3. The van der Waals surface area contributed by atoms with Crippen molar-refractivity contribution in [2.24, 2.45) is 7.05 Å². The van der Waals surface area contributed by atoms with Gasteiger partial charge in [-0.15, -0.1) is 0 Å². The topological polar surface area (TPSA) is 17.8 Å². The normalized spacial score (nSPS) is 12.2. The van der Waals surface area contributed by atoms with Gasteiger partial charge in [0.25, 0.3) is 0 Å². The molecule has 0 aliphatic carbocycles. The quantitative estimate of drug-likeness (QED) is 0.673. The smallest absolute Gasteiger partial charge is 0.131 e. The fourth-order valence-electron chi connectivity index (χ4n) is 1.09. The van der Waals surface area contributed by atoms with Crippen molar-refractivity contribution in [3.8, 4) is 0 Å². The molecule has 0 atom stereocenters. The Morgan fingerprint density at radius 1 is 1.42 bits per heavy atom. The van der Waals surface area contributed by atoms with E-state index >= 15 is 0 Å². The van der Waals surface area contributed by atoms with Crippen LogP contribution in [0.25, 0.3) is 0 Å². The van der Waals surface area contributed by atoms with Gasteiger partial charge in [0.1, 0.15) is 8.85 Å². The Hall–Kier alpha value is 0.230. The summed E-state index contributed by atoms with van der Waals surface area (Å²) in [7, 11) is 1.86. The van der Waals surface area contributed by atoms with Crippen LogP contribution in [0.5, 0.6) is 0 Å². The van der Waals surface area contributed by atoms with Crippen LogP contribution in [0.15, 0.2) is 0 Å². The standard InChI is InChI=1S/C8H12ClIN2/c1-8(2,3)5-6(9)12(4)11-7(5)10/h1-4H3. The van der Waals surface area contributed by atoms with Crippen molar-refractivity contribution >= 4 is 34.2 Å². The van der Waals surface area contributed by atoms with Crippen molar-refractivity contribution in [2.45, 2.75) is 26.2 Å². The molecule has 0 bridgehead atoms. The summed E-state index contributed by atoms with van der Waals surface area (Å²) in [6, 6.07) is 0. The van der Waals surface area contributed by atoms with E-state index in [1.165, 1.54) is 0 Å². The molecule has 12 heavy (non-hydrogen) atoms. The minimum atomic E-state index is 0.0713. The summed E-state index contributed by atoms with van der Waals surface area (Å²) in [5.74, 6) is 0. The first-order valence-electron chi connectivity index (χ1n) is 3.72. The maximum absolute atomic E-state index is 6.09. The Morgan fingerprint density at radius 2 is 1.92 bits per heavy atom. The maximum atomic E-state index is 6.09. The average Bonchev–Trinajstić information content (AvgIpc) is 2.05. The lowest BCUT2D eigenvalue weighted by Gasteiger charge is -2.17. The molecular formula is C8H12ClIN2. The lowest BCUT2D eigenvalue weighted by atomic mass is 9.90. The van der Waals surface area contributed by atoms with Crippen LogP contribution in [0.4, 0.5) is 0 Å². The highest BCUT2D eigenvalue weighted by Crippen LogP contribution is 2.32. The monoisotopic (exact) mass is 298 g/mol. The van der Waals surface area contributed by atoms with Crippen LogP contribution in [0.3, 0.4) is 0 Å². The molecular weight excluding hydrogens is 286 g/mol. The van der Waals surface area contributed by atoms with E-state index in [4.69, 9.17) is 11.6 Å². The summed E-state index contributed by atoms with van der Waals surface area (Å²) in [6.07, 6.45) is 0. The Kier molecular flexibility index (Phi) is 2.73. The molecule has 68 valence electrons. The Balaban J connectivity index is 3.32. The van der Waals surface area contributed by atoms with E-state index in [9.17, 15) is 0 Å². The first-order chi connectivity index (χ1) is 5.34. The lowest BCUT2D eigenvalue weighted by molar-refractivity contribution is 0.586. The molecule has 1 aromatic heterocycles. The molecule has 0 N–H and O–H groups in total. The summed E-state index contributed by atoms with van der Waals surface area (Å²) in [4.78, 5) is 0. The zero-order valence-corrected chi connectivity index (χ0v) is 10.6. The summed E-state index contributed by atoms with van der Waals surface area (Å²) in [6.45, 7) is 6.41. The number of hydrogen-bond acceptors (Lipinski definition) is 1. The molecule has 0 aliphatic heterocycles. The van der Waals surface area contributed by atoms with Gasteiger partial charge >= 0.3 is 0 Å². The van der Waals surface area contributed by atoms with E-state index in [0.29, 0.717) is 0 Å². The van der Waals surface area contributed by atoms with Gasteiger partial charge in [-0.2, -0.15) is 5.10 Å². The van der Waals surface area contributed by atoms with E-state index in [-0.39, 0.29) is 5.41 Å². The van der Waals surface area contributed by atoms with Crippen LogP contribution in [-0.2, 0) is 12.5 Å². The third kappa shape index (κ3) is 1.76. The summed E-state index contributed by atoms with van der Waals surface area (Å²) >= 11 is 8.31. The number of halogens is 2. The van der Waals surface area contributed by atoms with Crippen LogP contribution in [0.2, 0.25) is 5.15 Å². The second-order valence-corrected chi connectivity index (χ2v) is 5.21. The van der Waals surface area contributed by atoms with Gasteiger partial charge in [0.2, 0.25) is 0 Å². The molecule has 0 saturated heterocycles. The lowest BCUT2D eigenvalue weighted by Crippen LogP contribution is -2.12. The van der Waals surface area contributed by atoms with Crippen molar-refractivity contribution in [3.63, 3.8) is 0 Å². The van der Waals surface area contributed by atoms with E-state index in [0.717, 1.165) is 14.4 Å². The third-order valence-corrected chi connectivity index (χ3v) is 2.87. The number of hydrogen-bond donors (Lipinski definition) is 0. The molecule has 0 aliphatic rings. The van der Waals surface area contributed by atoms with Crippen molar-refractivity contribution in [2.75, 3.05) is 0 Å². The van der Waals surface area contributed by atoms with E-state index in [1.54, 1.807) is 4.68 Å². The minimum absolute atomic E-state index is 0.0713. The van der Waals surface area contributed by atoms with Gasteiger partial charge in [-0.05, 0) is 28.0 Å². The minimum Gasteiger partial charge on any atom is -0.256 e. The van der Waals surface area contributed by atoms with Crippen LogP contribution < -0.4 is 0 Å². The average molecular weight is 299 g/mol. The molecule has 0 aromatic carbocycles. The van der Waals surface area contributed by atoms with Crippen LogP contribution in [0.1, 0.15) is 26.3 Å². The fraction of sp³-hybridized carbons (Fsp3) is 0.625. The number of rotatable bonds is 0. The number of aryl methyl sites for hydroxylation is 1. The highest BCUT2D eigenvalue weighted by Gasteiger charge is 2.24. The predicted octanol–water partition coefficient (Wildman–Crippen LogP) is 2.98. The Labute approximate surface area is 91.4 Å². The SMILES string of the molecule is Cn1nc(I)c(C(C)(C)C)c1Cl. The van der Waals surface area contributed by atoms with Crippen LogP contribution >= 0.6 is 34.2 Å². The van der Waals surface area contributed by atoms with Crippen LogP contribution in [-0.4, -0.2) is 9.78 Å². The largest absolute Gasteiger partial charge is 0.256 e. The number of nitrogens with zero attached hydrogens (tertiary/aromatic N) is 2. The maximum Gasteiger partial charge on any atom is 0.131 e. The summed E-state index contributed by atoms with van der Waals surface area (Å²) in [5, 5.41) is 4.99. The summed E-state index contributed by atoms with van der Waals surface area (Å²) < 4.78 is 2.71.